The van der Waals surface area contributed by atoms with Gasteiger partial charge in [0.1, 0.15) is 11.0 Å². The van der Waals surface area contributed by atoms with E-state index in [-0.39, 0.29) is 4.75 Å². The summed E-state index contributed by atoms with van der Waals surface area (Å²) in [7, 11) is -1.20. The molecule has 3 nitrogen and oxygen atoms in total. The predicted octanol–water partition coefficient (Wildman–Crippen LogP) is 3.33. The van der Waals surface area contributed by atoms with Crippen LogP contribution in [0.1, 0.15) is 38.3 Å². The summed E-state index contributed by atoms with van der Waals surface area (Å²) in [6.45, 7) is 10.3. The molecule has 114 valence electrons. The Labute approximate surface area is 130 Å². The van der Waals surface area contributed by atoms with Crippen molar-refractivity contribution < 1.29 is 4.21 Å². The Balaban J connectivity index is 1.84. The van der Waals surface area contributed by atoms with Crippen LogP contribution in [0.15, 0.2) is 22.6 Å². The number of rotatable bonds is 3. The molecule has 1 saturated carbocycles. The van der Waals surface area contributed by atoms with Gasteiger partial charge in [-0.25, -0.2) is 4.21 Å². The summed E-state index contributed by atoms with van der Waals surface area (Å²) < 4.78 is 16.1. The fraction of sp³-hybridized carbons (Fsp3) is 0.588. The summed E-state index contributed by atoms with van der Waals surface area (Å²) >= 11 is 0. The molecule has 3 rings (SSSR count). The normalized spacial score (nSPS) is 26.2. The van der Waals surface area contributed by atoms with E-state index in [0.717, 1.165) is 30.5 Å². The number of aryl methyl sites for hydroxylation is 1. The van der Waals surface area contributed by atoms with Gasteiger partial charge in [-0.1, -0.05) is 12.1 Å². The van der Waals surface area contributed by atoms with Gasteiger partial charge in [-0.05, 0) is 57.6 Å². The number of benzene rings is 1. The molecular formula is C17H24N2OS. The first-order chi connectivity index (χ1) is 9.84. The van der Waals surface area contributed by atoms with E-state index >= 15 is 0 Å². The predicted molar refractivity (Wildman–Crippen MR) is 90.5 cm³/mol. The summed E-state index contributed by atoms with van der Waals surface area (Å²) in [4.78, 5) is 2.47. The van der Waals surface area contributed by atoms with Crippen molar-refractivity contribution in [3.05, 3.63) is 29.3 Å². The molecular weight excluding hydrogens is 280 g/mol. The molecule has 1 heterocycles. The minimum atomic E-state index is -1.20. The van der Waals surface area contributed by atoms with E-state index in [1.807, 2.05) is 20.8 Å². The Morgan fingerprint density at radius 1 is 1.29 bits per heavy atom. The molecule has 1 saturated heterocycles. The van der Waals surface area contributed by atoms with Crippen LogP contribution in [0.5, 0.6) is 0 Å². The van der Waals surface area contributed by atoms with E-state index in [9.17, 15) is 4.21 Å². The third-order valence-corrected chi connectivity index (χ3v) is 5.66. The molecule has 3 atom stereocenters. The fourth-order valence-electron chi connectivity index (χ4n) is 2.89. The van der Waals surface area contributed by atoms with Crippen LogP contribution in [-0.2, 0) is 11.0 Å². The standard InChI is InChI=1S/C17H24N2OS/c1-12-5-6-13(9-18-21(20)17(2,3)4)16(7-12)19-10-14-8-15(14)11-19/h5-7,9,14-15H,8,10-11H2,1-4H3. The van der Waals surface area contributed by atoms with Crippen LogP contribution in [0.3, 0.4) is 0 Å². The van der Waals surface area contributed by atoms with Crippen LogP contribution in [0.4, 0.5) is 5.69 Å². The van der Waals surface area contributed by atoms with E-state index in [1.54, 1.807) is 6.21 Å². The highest BCUT2D eigenvalue weighted by Crippen LogP contribution is 2.46. The van der Waals surface area contributed by atoms with Crippen molar-refractivity contribution in [1.82, 2.24) is 0 Å². The molecule has 0 amide bonds. The molecule has 4 heteroatoms. The van der Waals surface area contributed by atoms with Crippen LogP contribution in [0.2, 0.25) is 0 Å². The second kappa shape index (κ2) is 5.24. The smallest absolute Gasteiger partial charge is 0.144 e. The maximum Gasteiger partial charge on any atom is 0.144 e. The first-order valence-electron chi connectivity index (χ1n) is 7.66. The van der Waals surface area contributed by atoms with E-state index < -0.39 is 11.0 Å². The number of fused-ring (bicyclic) bond motifs is 1. The van der Waals surface area contributed by atoms with Crippen molar-refractivity contribution in [3.63, 3.8) is 0 Å². The number of nitrogens with zero attached hydrogens (tertiary/aromatic N) is 2. The van der Waals surface area contributed by atoms with Crippen molar-refractivity contribution in [1.29, 1.82) is 0 Å². The molecule has 2 fully saturated rings. The van der Waals surface area contributed by atoms with E-state index in [0.29, 0.717) is 0 Å². The van der Waals surface area contributed by atoms with Gasteiger partial charge in [0.15, 0.2) is 0 Å². The highest BCUT2D eigenvalue weighted by atomic mass is 32.2. The van der Waals surface area contributed by atoms with Gasteiger partial charge >= 0.3 is 0 Å². The molecule has 0 aromatic heterocycles. The van der Waals surface area contributed by atoms with E-state index in [4.69, 9.17) is 0 Å². The molecule has 21 heavy (non-hydrogen) atoms. The number of anilines is 1. The maximum absolute atomic E-state index is 12.1. The lowest BCUT2D eigenvalue weighted by Crippen LogP contribution is -2.23. The lowest BCUT2D eigenvalue weighted by Gasteiger charge is -2.23. The van der Waals surface area contributed by atoms with Crippen molar-refractivity contribution >= 4 is 22.9 Å². The average molecular weight is 304 g/mol. The fourth-order valence-corrected chi connectivity index (χ4v) is 3.42. The Kier molecular flexibility index (Phi) is 3.68. The molecule has 0 N–H and O–H groups in total. The largest absolute Gasteiger partial charge is 0.370 e. The van der Waals surface area contributed by atoms with Gasteiger partial charge in [0.2, 0.25) is 0 Å². The van der Waals surface area contributed by atoms with Gasteiger partial charge < -0.3 is 4.90 Å². The highest BCUT2D eigenvalue weighted by Gasteiger charge is 2.45. The van der Waals surface area contributed by atoms with Crippen molar-refractivity contribution in [3.8, 4) is 0 Å². The molecule has 0 bridgehead atoms. The van der Waals surface area contributed by atoms with Crippen LogP contribution >= 0.6 is 0 Å². The van der Waals surface area contributed by atoms with Crippen molar-refractivity contribution in [2.45, 2.75) is 38.9 Å². The zero-order chi connectivity index (χ0) is 15.2. The first kappa shape index (κ1) is 14.8. The average Bonchev–Trinajstić information content (AvgIpc) is 3.02. The molecule has 2 aliphatic rings. The van der Waals surface area contributed by atoms with Gasteiger partial charge in [0, 0.05) is 30.6 Å². The van der Waals surface area contributed by atoms with Crippen LogP contribution in [0, 0.1) is 18.8 Å². The van der Waals surface area contributed by atoms with Crippen LogP contribution < -0.4 is 4.90 Å². The zero-order valence-electron chi connectivity index (χ0n) is 13.3. The number of hydrogen-bond donors (Lipinski definition) is 0. The minimum Gasteiger partial charge on any atom is -0.370 e. The summed E-state index contributed by atoms with van der Waals surface area (Å²) in [6, 6.07) is 6.42. The Morgan fingerprint density at radius 3 is 2.57 bits per heavy atom. The van der Waals surface area contributed by atoms with Gasteiger partial charge in [0.05, 0.1) is 4.75 Å². The number of piperidine rings is 1. The molecule has 0 spiro atoms. The second-order valence-corrected chi connectivity index (χ2v) is 9.25. The molecule has 0 radical (unpaired) electrons. The maximum atomic E-state index is 12.1. The van der Waals surface area contributed by atoms with E-state index in [2.05, 4.69) is 34.4 Å². The summed E-state index contributed by atoms with van der Waals surface area (Å²) in [5, 5.41) is 0. The molecule has 1 aromatic carbocycles. The van der Waals surface area contributed by atoms with Crippen molar-refractivity contribution in [2.75, 3.05) is 18.0 Å². The summed E-state index contributed by atoms with van der Waals surface area (Å²) in [5.41, 5.74) is 3.59. The van der Waals surface area contributed by atoms with Gasteiger partial charge in [0.25, 0.3) is 0 Å². The molecule has 1 aliphatic carbocycles. The third-order valence-electron chi connectivity index (χ3n) is 4.32. The monoisotopic (exact) mass is 304 g/mol. The van der Waals surface area contributed by atoms with Crippen LogP contribution in [0.25, 0.3) is 0 Å². The third kappa shape index (κ3) is 3.20. The highest BCUT2D eigenvalue weighted by molar-refractivity contribution is 7.85. The zero-order valence-corrected chi connectivity index (χ0v) is 14.1. The van der Waals surface area contributed by atoms with E-state index in [1.165, 1.54) is 17.7 Å². The summed E-state index contributed by atoms with van der Waals surface area (Å²) in [6.07, 6.45) is 3.19. The van der Waals surface area contributed by atoms with Gasteiger partial charge in [-0.3, -0.25) is 0 Å². The Bertz CT molecular complexity index is 593. The Hall–Kier alpha value is -1.16. The number of hydrogen-bond acceptors (Lipinski definition) is 2. The molecule has 1 aliphatic heterocycles. The molecule has 1 aromatic rings. The quantitative estimate of drug-likeness (QED) is 0.802. The molecule has 3 unspecified atom stereocenters. The Morgan fingerprint density at radius 2 is 1.95 bits per heavy atom. The topological polar surface area (TPSA) is 32.7 Å². The SMILES string of the molecule is Cc1ccc(C=NS(=O)C(C)(C)C)c(N2CC3CC3C2)c1. The lowest BCUT2D eigenvalue weighted by molar-refractivity contribution is 0.651. The lowest BCUT2D eigenvalue weighted by atomic mass is 10.1. The van der Waals surface area contributed by atoms with Gasteiger partial charge in [-0.15, -0.1) is 0 Å². The van der Waals surface area contributed by atoms with Gasteiger partial charge in [-0.2, -0.15) is 4.40 Å². The first-order valence-corrected chi connectivity index (χ1v) is 8.77. The van der Waals surface area contributed by atoms with Crippen LogP contribution in [-0.4, -0.2) is 28.3 Å². The second-order valence-electron chi connectivity index (χ2n) is 7.32. The van der Waals surface area contributed by atoms with Crippen molar-refractivity contribution in [2.24, 2.45) is 16.2 Å². The summed E-state index contributed by atoms with van der Waals surface area (Å²) in [5.74, 6) is 1.80. The minimum absolute atomic E-state index is 0.309.